The first-order chi connectivity index (χ1) is 9.49. The molecule has 7 nitrogen and oxygen atoms in total. The van der Waals surface area contributed by atoms with Gasteiger partial charge in [-0.3, -0.25) is 10.1 Å². The van der Waals surface area contributed by atoms with Gasteiger partial charge in [-0.05, 0) is 26.0 Å². The molecular weight excluding hydrogens is 264 g/mol. The Labute approximate surface area is 115 Å². The second-order valence-electron chi connectivity index (χ2n) is 4.81. The molecule has 0 amide bonds. The van der Waals surface area contributed by atoms with Gasteiger partial charge in [0.2, 0.25) is 0 Å². The van der Waals surface area contributed by atoms with E-state index in [1.54, 1.807) is 0 Å². The lowest BCUT2D eigenvalue weighted by Crippen LogP contribution is -2.26. The van der Waals surface area contributed by atoms with Crippen LogP contribution in [0.25, 0.3) is 0 Å². The standard InChI is InChI=1S/C13H16N2O5/c1-14(10-3-4-10)6-7-20-12-8-9(13(16)17)2-5-11(12)15(18)19/h2,5,8,10H,3-4,6-7H2,1H3,(H,16,17). The number of nitro benzene ring substituents is 1. The van der Waals surface area contributed by atoms with E-state index in [1.807, 2.05) is 7.05 Å². The average molecular weight is 280 g/mol. The predicted octanol–water partition coefficient (Wildman–Crippen LogP) is 1.77. The molecule has 1 aromatic rings. The largest absolute Gasteiger partial charge is 0.485 e. The van der Waals surface area contributed by atoms with Crippen molar-refractivity contribution in [2.45, 2.75) is 18.9 Å². The molecule has 1 saturated carbocycles. The van der Waals surface area contributed by atoms with Gasteiger partial charge in [0.15, 0.2) is 5.75 Å². The molecule has 7 heteroatoms. The van der Waals surface area contributed by atoms with Gasteiger partial charge in [-0.25, -0.2) is 4.79 Å². The zero-order valence-corrected chi connectivity index (χ0v) is 11.1. The van der Waals surface area contributed by atoms with E-state index in [4.69, 9.17) is 9.84 Å². The summed E-state index contributed by atoms with van der Waals surface area (Å²) in [6.45, 7) is 0.941. The van der Waals surface area contributed by atoms with E-state index in [0.717, 1.165) is 6.07 Å². The van der Waals surface area contributed by atoms with Gasteiger partial charge in [0.1, 0.15) is 6.61 Å². The summed E-state index contributed by atoms with van der Waals surface area (Å²) < 4.78 is 5.39. The molecule has 1 fully saturated rings. The number of hydrogen-bond donors (Lipinski definition) is 1. The Balaban J connectivity index is 2.04. The summed E-state index contributed by atoms with van der Waals surface area (Å²) in [6.07, 6.45) is 2.34. The Morgan fingerprint density at radius 2 is 2.25 bits per heavy atom. The van der Waals surface area contributed by atoms with Gasteiger partial charge in [-0.1, -0.05) is 0 Å². The molecular formula is C13H16N2O5. The molecule has 1 N–H and O–H groups in total. The number of benzene rings is 1. The van der Waals surface area contributed by atoms with E-state index in [2.05, 4.69) is 4.90 Å². The monoisotopic (exact) mass is 280 g/mol. The zero-order chi connectivity index (χ0) is 14.7. The van der Waals surface area contributed by atoms with Crippen LogP contribution in [0.2, 0.25) is 0 Å². The lowest BCUT2D eigenvalue weighted by Gasteiger charge is -2.15. The summed E-state index contributed by atoms with van der Waals surface area (Å²) in [5.74, 6) is -1.14. The van der Waals surface area contributed by atoms with Crippen LogP contribution in [0.3, 0.4) is 0 Å². The van der Waals surface area contributed by atoms with Crippen LogP contribution in [-0.2, 0) is 0 Å². The molecule has 0 heterocycles. The second-order valence-corrected chi connectivity index (χ2v) is 4.81. The van der Waals surface area contributed by atoms with Crippen LogP contribution in [0.1, 0.15) is 23.2 Å². The summed E-state index contributed by atoms with van der Waals surface area (Å²) in [5, 5.41) is 19.8. The van der Waals surface area contributed by atoms with Crippen molar-refractivity contribution in [3.63, 3.8) is 0 Å². The fourth-order valence-electron chi connectivity index (χ4n) is 1.91. The molecule has 0 unspecified atom stereocenters. The molecule has 108 valence electrons. The molecule has 1 aromatic carbocycles. The Bertz CT molecular complexity index is 527. The highest BCUT2D eigenvalue weighted by Crippen LogP contribution is 2.28. The molecule has 0 saturated heterocycles. The normalized spacial score (nSPS) is 14.3. The van der Waals surface area contributed by atoms with Gasteiger partial charge in [0.25, 0.3) is 0 Å². The number of aromatic carboxylic acids is 1. The Morgan fingerprint density at radius 3 is 2.80 bits per heavy atom. The molecule has 0 spiro atoms. The quantitative estimate of drug-likeness (QED) is 0.604. The number of rotatable bonds is 7. The third kappa shape index (κ3) is 3.45. The van der Waals surface area contributed by atoms with Crippen molar-refractivity contribution in [2.75, 3.05) is 20.2 Å². The molecule has 0 radical (unpaired) electrons. The molecule has 0 bridgehead atoms. The van der Waals surface area contributed by atoms with E-state index in [9.17, 15) is 14.9 Å². The maximum Gasteiger partial charge on any atom is 0.335 e. The highest BCUT2D eigenvalue weighted by molar-refractivity contribution is 5.88. The molecule has 0 atom stereocenters. The fourth-order valence-corrected chi connectivity index (χ4v) is 1.91. The molecule has 0 aromatic heterocycles. The minimum atomic E-state index is -1.14. The van der Waals surface area contributed by atoms with E-state index >= 15 is 0 Å². The van der Waals surface area contributed by atoms with Gasteiger partial charge in [0, 0.05) is 24.7 Å². The van der Waals surface area contributed by atoms with Crippen molar-refractivity contribution in [3.05, 3.63) is 33.9 Å². The number of carboxylic acids is 1. The van der Waals surface area contributed by atoms with Crippen molar-refractivity contribution in [1.82, 2.24) is 4.90 Å². The van der Waals surface area contributed by atoms with Crippen LogP contribution in [0.15, 0.2) is 18.2 Å². The van der Waals surface area contributed by atoms with E-state index in [0.29, 0.717) is 12.6 Å². The van der Waals surface area contributed by atoms with Gasteiger partial charge >= 0.3 is 11.7 Å². The van der Waals surface area contributed by atoms with Crippen LogP contribution in [-0.4, -0.2) is 47.1 Å². The van der Waals surface area contributed by atoms with Crippen LogP contribution in [0.5, 0.6) is 5.75 Å². The number of nitrogens with zero attached hydrogens (tertiary/aromatic N) is 2. The number of hydrogen-bond acceptors (Lipinski definition) is 5. The minimum Gasteiger partial charge on any atom is -0.485 e. The zero-order valence-electron chi connectivity index (χ0n) is 11.1. The number of carbonyl (C=O) groups is 1. The van der Waals surface area contributed by atoms with Crippen LogP contribution < -0.4 is 4.74 Å². The summed E-state index contributed by atoms with van der Waals surface area (Å²) in [5.41, 5.74) is -0.245. The van der Waals surface area contributed by atoms with Crippen molar-refractivity contribution < 1.29 is 19.6 Å². The van der Waals surface area contributed by atoms with Crippen molar-refractivity contribution in [1.29, 1.82) is 0 Å². The minimum absolute atomic E-state index is 0.000836. The highest BCUT2D eigenvalue weighted by atomic mass is 16.6. The SMILES string of the molecule is CN(CCOc1cc(C(=O)O)ccc1[N+](=O)[O-])C1CC1. The Kier molecular flexibility index (Phi) is 4.19. The summed E-state index contributed by atoms with van der Waals surface area (Å²) in [7, 11) is 1.98. The van der Waals surface area contributed by atoms with Crippen molar-refractivity contribution >= 4 is 11.7 Å². The van der Waals surface area contributed by atoms with Crippen molar-refractivity contribution in [3.8, 4) is 5.75 Å². The third-order valence-electron chi connectivity index (χ3n) is 3.28. The summed E-state index contributed by atoms with van der Waals surface area (Å²) >= 11 is 0. The maximum absolute atomic E-state index is 10.9. The van der Waals surface area contributed by atoms with E-state index in [-0.39, 0.29) is 23.6 Å². The maximum atomic E-state index is 10.9. The Morgan fingerprint density at radius 1 is 1.55 bits per heavy atom. The lowest BCUT2D eigenvalue weighted by atomic mass is 10.2. The van der Waals surface area contributed by atoms with Gasteiger partial charge < -0.3 is 14.7 Å². The number of likely N-dealkylation sites (N-methyl/N-ethyl adjacent to an activating group) is 1. The van der Waals surface area contributed by atoms with Gasteiger partial charge in [0.05, 0.1) is 10.5 Å². The molecule has 2 rings (SSSR count). The highest BCUT2D eigenvalue weighted by Gasteiger charge is 2.26. The summed E-state index contributed by atoms with van der Waals surface area (Å²) in [4.78, 5) is 23.3. The first kappa shape index (κ1) is 14.3. The van der Waals surface area contributed by atoms with Crippen molar-refractivity contribution in [2.24, 2.45) is 0 Å². The van der Waals surface area contributed by atoms with Gasteiger partial charge in [-0.15, -0.1) is 0 Å². The van der Waals surface area contributed by atoms with Gasteiger partial charge in [-0.2, -0.15) is 0 Å². The average Bonchev–Trinajstić information content (AvgIpc) is 3.22. The molecule has 1 aliphatic rings. The number of ether oxygens (including phenoxy) is 1. The summed E-state index contributed by atoms with van der Waals surface area (Å²) in [6, 6.07) is 4.13. The molecule has 1 aliphatic carbocycles. The number of nitro groups is 1. The molecule has 0 aliphatic heterocycles. The van der Waals surface area contributed by atoms with Crippen LogP contribution >= 0.6 is 0 Å². The number of carboxylic acid groups (broad SMARTS) is 1. The van der Waals surface area contributed by atoms with Crippen LogP contribution in [0.4, 0.5) is 5.69 Å². The first-order valence-electron chi connectivity index (χ1n) is 6.34. The Hall–Kier alpha value is -2.15. The smallest absolute Gasteiger partial charge is 0.335 e. The lowest BCUT2D eigenvalue weighted by molar-refractivity contribution is -0.385. The third-order valence-corrected chi connectivity index (χ3v) is 3.28. The topological polar surface area (TPSA) is 92.9 Å². The second kappa shape index (κ2) is 5.87. The predicted molar refractivity (Wildman–Crippen MR) is 71.2 cm³/mol. The first-order valence-corrected chi connectivity index (χ1v) is 6.34. The fraction of sp³-hybridized carbons (Fsp3) is 0.462. The van der Waals surface area contributed by atoms with E-state index < -0.39 is 10.9 Å². The van der Waals surface area contributed by atoms with E-state index in [1.165, 1.54) is 25.0 Å². The molecule has 20 heavy (non-hydrogen) atoms. The van der Waals surface area contributed by atoms with Crippen LogP contribution in [0, 0.1) is 10.1 Å².